The summed E-state index contributed by atoms with van der Waals surface area (Å²) in [7, 11) is 1.67. The number of nitrogens with zero attached hydrogens (tertiary/aromatic N) is 2. The summed E-state index contributed by atoms with van der Waals surface area (Å²) in [6.07, 6.45) is 2.64. The number of nitrogens with one attached hydrogen (secondary N) is 1. The largest absolute Gasteiger partial charge is 0.472 e. The van der Waals surface area contributed by atoms with Crippen LogP contribution in [0.5, 0.6) is 0 Å². The molecule has 2 aromatic heterocycles. The molecule has 0 saturated heterocycles. The summed E-state index contributed by atoms with van der Waals surface area (Å²) < 4.78 is 19.4. The standard InChI is InChI=1S/C18H18FN3O3/c1-22-16(10-15(21-22)12-2-4-14(19)5-3-12)18(24)20-8-6-17(23)13-7-9-25-11-13/h2-5,7,9-11,17,23H,6,8H2,1H3,(H,20,24). The number of amides is 1. The number of carbonyl (C=O) groups excluding carboxylic acids is 1. The molecule has 0 aliphatic carbocycles. The van der Waals surface area contributed by atoms with Gasteiger partial charge >= 0.3 is 0 Å². The van der Waals surface area contributed by atoms with E-state index in [1.807, 2.05) is 0 Å². The van der Waals surface area contributed by atoms with Gasteiger partial charge in [0.2, 0.25) is 0 Å². The van der Waals surface area contributed by atoms with Crippen molar-refractivity contribution in [3.05, 3.63) is 66.0 Å². The number of aromatic nitrogens is 2. The second-order valence-electron chi connectivity index (χ2n) is 5.66. The number of furan rings is 1. The van der Waals surface area contributed by atoms with Crippen molar-refractivity contribution in [2.24, 2.45) is 7.05 Å². The SMILES string of the molecule is Cn1nc(-c2ccc(F)cc2)cc1C(=O)NCCC(O)c1ccoc1. The lowest BCUT2D eigenvalue weighted by atomic mass is 10.1. The zero-order valence-electron chi connectivity index (χ0n) is 13.6. The normalized spacial score (nSPS) is 12.1. The Bertz CT molecular complexity index is 841. The van der Waals surface area contributed by atoms with Crippen molar-refractivity contribution in [3.63, 3.8) is 0 Å². The lowest BCUT2D eigenvalue weighted by molar-refractivity contribution is 0.0933. The van der Waals surface area contributed by atoms with Gasteiger partial charge in [-0.15, -0.1) is 0 Å². The highest BCUT2D eigenvalue weighted by molar-refractivity contribution is 5.93. The van der Waals surface area contributed by atoms with Gasteiger partial charge < -0.3 is 14.8 Å². The Morgan fingerprint density at radius 3 is 2.80 bits per heavy atom. The van der Waals surface area contributed by atoms with E-state index in [9.17, 15) is 14.3 Å². The van der Waals surface area contributed by atoms with Gasteiger partial charge in [-0.2, -0.15) is 5.10 Å². The molecule has 130 valence electrons. The van der Waals surface area contributed by atoms with E-state index < -0.39 is 6.10 Å². The molecule has 0 fully saturated rings. The van der Waals surface area contributed by atoms with Crippen molar-refractivity contribution >= 4 is 5.91 Å². The van der Waals surface area contributed by atoms with E-state index in [4.69, 9.17) is 4.42 Å². The monoisotopic (exact) mass is 343 g/mol. The molecule has 3 rings (SSSR count). The fourth-order valence-electron chi connectivity index (χ4n) is 2.49. The van der Waals surface area contributed by atoms with Crippen molar-refractivity contribution in [3.8, 4) is 11.3 Å². The molecule has 2 heterocycles. The number of hydrogen-bond donors (Lipinski definition) is 2. The van der Waals surface area contributed by atoms with Gasteiger partial charge in [-0.25, -0.2) is 4.39 Å². The van der Waals surface area contributed by atoms with E-state index in [0.29, 0.717) is 29.9 Å². The maximum Gasteiger partial charge on any atom is 0.269 e. The van der Waals surface area contributed by atoms with E-state index >= 15 is 0 Å². The molecule has 1 amide bonds. The summed E-state index contributed by atoms with van der Waals surface area (Å²) in [5.41, 5.74) is 2.38. The third-order valence-electron chi connectivity index (χ3n) is 3.88. The molecule has 7 heteroatoms. The molecule has 6 nitrogen and oxygen atoms in total. The van der Waals surface area contributed by atoms with Gasteiger partial charge in [0.25, 0.3) is 5.91 Å². The molecule has 1 aromatic carbocycles. The Kier molecular flexibility index (Phi) is 4.95. The number of carbonyl (C=O) groups is 1. The van der Waals surface area contributed by atoms with Crippen LogP contribution >= 0.6 is 0 Å². The maximum atomic E-state index is 13.0. The maximum absolute atomic E-state index is 13.0. The summed E-state index contributed by atoms with van der Waals surface area (Å²) in [4.78, 5) is 12.3. The van der Waals surface area contributed by atoms with Crippen molar-refractivity contribution in [1.29, 1.82) is 0 Å². The van der Waals surface area contributed by atoms with E-state index in [0.717, 1.165) is 5.56 Å². The highest BCUT2D eigenvalue weighted by atomic mass is 19.1. The third kappa shape index (κ3) is 3.95. The fraction of sp³-hybridized carbons (Fsp3) is 0.222. The Labute approximate surface area is 143 Å². The summed E-state index contributed by atoms with van der Waals surface area (Å²) in [6, 6.07) is 9.25. The van der Waals surface area contributed by atoms with Crippen LogP contribution in [-0.2, 0) is 7.05 Å². The van der Waals surface area contributed by atoms with Crippen LogP contribution in [0.2, 0.25) is 0 Å². The molecule has 1 unspecified atom stereocenters. The lowest BCUT2D eigenvalue weighted by Crippen LogP contribution is -2.27. The molecule has 0 radical (unpaired) electrons. The molecular formula is C18H18FN3O3. The van der Waals surface area contributed by atoms with Crippen LogP contribution in [0, 0.1) is 5.82 Å². The Hall–Kier alpha value is -2.93. The first-order valence-electron chi connectivity index (χ1n) is 7.83. The highest BCUT2D eigenvalue weighted by Crippen LogP contribution is 2.19. The molecule has 3 aromatic rings. The minimum atomic E-state index is -0.694. The number of rotatable bonds is 6. The molecule has 0 spiro atoms. The number of halogens is 1. The van der Waals surface area contributed by atoms with E-state index in [-0.39, 0.29) is 11.7 Å². The molecule has 25 heavy (non-hydrogen) atoms. The number of aliphatic hydroxyl groups excluding tert-OH is 1. The van der Waals surface area contributed by atoms with Crippen LogP contribution in [0.25, 0.3) is 11.3 Å². The molecule has 1 atom stereocenters. The van der Waals surface area contributed by atoms with Gasteiger partial charge in [0.15, 0.2) is 0 Å². The minimum absolute atomic E-state index is 0.289. The van der Waals surface area contributed by atoms with Gasteiger partial charge in [0.05, 0.1) is 24.3 Å². The third-order valence-corrected chi connectivity index (χ3v) is 3.88. The zero-order chi connectivity index (χ0) is 17.8. The van der Waals surface area contributed by atoms with Crippen LogP contribution in [0.1, 0.15) is 28.6 Å². The minimum Gasteiger partial charge on any atom is -0.472 e. The van der Waals surface area contributed by atoms with Gasteiger partial charge in [0, 0.05) is 24.7 Å². The number of aliphatic hydroxyl groups is 1. The molecule has 0 bridgehead atoms. The van der Waals surface area contributed by atoms with E-state index in [2.05, 4.69) is 10.4 Å². The fourth-order valence-corrected chi connectivity index (χ4v) is 2.49. The predicted octanol–water partition coefficient (Wildman–Crippen LogP) is 2.67. The zero-order valence-corrected chi connectivity index (χ0v) is 13.6. The lowest BCUT2D eigenvalue weighted by Gasteiger charge is -2.09. The molecule has 2 N–H and O–H groups in total. The van der Waals surface area contributed by atoms with E-state index in [1.165, 1.54) is 29.3 Å². The molecule has 0 saturated carbocycles. The summed E-state index contributed by atoms with van der Waals surface area (Å²) in [5, 5.41) is 17.0. The topological polar surface area (TPSA) is 80.3 Å². The van der Waals surface area contributed by atoms with Crippen LogP contribution < -0.4 is 5.32 Å². The summed E-state index contributed by atoms with van der Waals surface area (Å²) in [6.45, 7) is 0.308. The predicted molar refractivity (Wildman–Crippen MR) is 89.2 cm³/mol. The first kappa shape index (κ1) is 16.9. The van der Waals surface area contributed by atoms with Crippen molar-refractivity contribution in [2.45, 2.75) is 12.5 Å². The van der Waals surface area contributed by atoms with E-state index in [1.54, 1.807) is 31.3 Å². The summed E-state index contributed by atoms with van der Waals surface area (Å²) >= 11 is 0. The summed E-state index contributed by atoms with van der Waals surface area (Å²) in [5.74, 6) is -0.614. The van der Waals surface area contributed by atoms with Gasteiger partial charge in [-0.1, -0.05) is 0 Å². The Morgan fingerprint density at radius 1 is 1.36 bits per heavy atom. The smallest absolute Gasteiger partial charge is 0.269 e. The van der Waals surface area contributed by atoms with Crippen LogP contribution in [0.3, 0.4) is 0 Å². The van der Waals surface area contributed by atoms with Gasteiger partial charge in [-0.3, -0.25) is 9.48 Å². The Morgan fingerprint density at radius 2 is 2.12 bits per heavy atom. The quantitative estimate of drug-likeness (QED) is 0.721. The Balaban J connectivity index is 1.61. The first-order chi connectivity index (χ1) is 12.0. The van der Waals surface area contributed by atoms with Crippen LogP contribution in [0.15, 0.2) is 53.3 Å². The number of benzene rings is 1. The van der Waals surface area contributed by atoms with Gasteiger partial charge in [0.1, 0.15) is 11.5 Å². The molecule has 0 aliphatic heterocycles. The first-order valence-corrected chi connectivity index (χ1v) is 7.83. The number of aryl methyl sites for hydroxylation is 1. The average molecular weight is 343 g/mol. The van der Waals surface area contributed by atoms with Crippen LogP contribution in [-0.4, -0.2) is 27.3 Å². The van der Waals surface area contributed by atoms with Crippen molar-refractivity contribution < 1.29 is 18.7 Å². The number of hydrogen-bond acceptors (Lipinski definition) is 4. The van der Waals surface area contributed by atoms with Crippen LogP contribution in [0.4, 0.5) is 4.39 Å². The second kappa shape index (κ2) is 7.31. The highest BCUT2D eigenvalue weighted by Gasteiger charge is 2.15. The average Bonchev–Trinajstić information content (AvgIpc) is 3.25. The molecule has 0 aliphatic rings. The van der Waals surface area contributed by atoms with Crippen molar-refractivity contribution in [1.82, 2.24) is 15.1 Å². The van der Waals surface area contributed by atoms with Gasteiger partial charge in [-0.05, 0) is 42.8 Å². The molecular weight excluding hydrogens is 325 g/mol. The van der Waals surface area contributed by atoms with Crippen molar-refractivity contribution in [2.75, 3.05) is 6.54 Å². The second-order valence-corrected chi connectivity index (χ2v) is 5.66.